The van der Waals surface area contributed by atoms with E-state index in [0.29, 0.717) is 5.56 Å². The molecule has 3 aromatic rings. The fourth-order valence-corrected chi connectivity index (χ4v) is 5.09. The maximum Gasteiger partial charge on any atom is 0.341 e. The number of rotatable bonds is 5. The molecule has 156 valence electrons. The van der Waals surface area contributed by atoms with Gasteiger partial charge in [-0.25, -0.2) is 4.79 Å². The topological polar surface area (TPSA) is 45.3 Å². The molecule has 1 fully saturated rings. The maximum absolute atomic E-state index is 13.2. The van der Waals surface area contributed by atoms with Gasteiger partial charge in [-0.2, -0.15) is 0 Å². The van der Waals surface area contributed by atoms with Crippen LogP contribution in [0.25, 0.3) is 10.9 Å². The van der Waals surface area contributed by atoms with Gasteiger partial charge in [-0.15, -0.1) is 0 Å². The Morgan fingerprint density at radius 3 is 2.83 bits per heavy atom. The van der Waals surface area contributed by atoms with E-state index in [0.717, 1.165) is 48.0 Å². The second kappa shape index (κ2) is 8.27. The molecule has 2 heterocycles. The number of benzene rings is 2. The Morgan fingerprint density at radius 2 is 1.97 bits per heavy atom. The zero-order valence-electron chi connectivity index (χ0n) is 17.7. The van der Waals surface area contributed by atoms with Gasteiger partial charge < -0.3 is 14.6 Å². The summed E-state index contributed by atoms with van der Waals surface area (Å²) in [5.74, 6) is -0.214. The fraction of sp³-hybridized carbons (Fsp3) is 0.423. The number of carbonyl (C=O) groups excluding carboxylic acids is 1. The first-order valence-electron chi connectivity index (χ1n) is 11.3. The molecule has 1 aliphatic carbocycles. The van der Waals surface area contributed by atoms with E-state index in [4.69, 9.17) is 4.74 Å². The number of aryl methyl sites for hydroxylation is 2. The number of esters is 1. The van der Waals surface area contributed by atoms with E-state index in [2.05, 4.69) is 46.3 Å². The summed E-state index contributed by atoms with van der Waals surface area (Å²) in [6, 6.07) is 14.8. The SMILES string of the molecule is Cc1[nH]c2ccc(CCN3CCCCC3)cc2c1C(=O)OC1CCc2ccccc21. The zero-order valence-corrected chi connectivity index (χ0v) is 17.7. The highest BCUT2D eigenvalue weighted by Gasteiger charge is 2.27. The van der Waals surface area contributed by atoms with Crippen LogP contribution in [0.4, 0.5) is 0 Å². The molecule has 0 spiro atoms. The number of hydrogen-bond acceptors (Lipinski definition) is 3. The third kappa shape index (κ3) is 3.77. The Morgan fingerprint density at radius 1 is 1.13 bits per heavy atom. The number of H-pyrrole nitrogens is 1. The Hall–Kier alpha value is -2.59. The molecule has 0 saturated carbocycles. The highest BCUT2D eigenvalue weighted by Crippen LogP contribution is 2.35. The van der Waals surface area contributed by atoms with E-state index in [9.17, 15) is 4.79 Å². The molecular formula is C26H30N2O2. The monoisotopic (exact) mass is 402 g/mol. The first-order chi connectivity index (χ1) is 14.7. The van der Waals surface area contributed by atoms with E-state index in [1.54, 1.807) is 0 Å². The fourth-order valence-electron chi connectivity index (χ4n) is 5.09. The number of piperidine rings is 1. The lowest BCUT2D eigenvalue weighted by Crippen LogP contribution is -2.31. The largest absolute Gasteiger partial charge is 0.454 e. The number of hydrogen-bond donors (Lipinski definition) is 1. The molecule has 4 heteroatoms. The molecule has 1 unspecified atom stereocenters. The van der Waals surface area contributed by atoms with Crippen LogP contribution in [-0.4, -0.2) is 35.5 Å². The Kier molecular flexibility index (Phi) is 5.34. The van der Waals surface area contributed by atoms with Crippen molar-refractivity contribution in [2.45, 2.75) is 51.6 Å². The molecule has 1 aliphatic heterocycles. The van der Waals surface area contributed by atoms with Crippen LogP contribution in [0.1, 0.15) is 64.5 Å². The second-order valence-electron chi connectivity index (χ2n) is 8.79. The standard InChI is InChI=1S/C26H30N2O2/c1-18-25(26(29)30-24-12-10-20-7-3-4-8-21(20)24)22-17-19(9-11-23(22)27-18)13-16-28-14-5-2-6-15-28/h3-4,7-9,11,17,24,27H,2,5-6,10,12-16H2,1H3. The molecule has 2 aromatic carbocycles. The van der Waals surface area contributed by atoms with Crippen molar-refractivity contribution in [3.63, 3.8) is 0 Å². The van der Waals surface area contributed by atoms with Gasteiger partial charge in [0.25, 0.3) is 0 Å². The first-order valence-corrected chi connectivity index (χ1v) is 11.3. The number of aromatic nitrogens is 1. The average Bonchev–Trinajstić information content (AvgIpc) is 3.32. The summed E-state index contributed by atoms with van der Waals surface area (Å²) in [7, 11) is 0. The van der Waals surface area contributed by atoms with E-state index in [1.165, 1.54) is 43.5 Å². The van der Waals surface area contributed by atoms with Crippen LogP contribution in [0.2, 0.25) is 0 Å². The van der Waals surface area contributed by atoms with Gasteiger partial charge in [-0.05, 0) is 80.9 Å². The van der Waals surface area contributed by atoms with Crippen molar-refractivity contribution in [3.05, 3.63) is 70.4 Å². The quantitative estimate of drug-likeness (QED) is 0.585. The molecule has 1 aromatic heterocycles. The van der Waals surface area contributed by atoms with Gasteiger partial charge in [0.2, 0.25) is 0 Å². The molecular weight excluding hydrogens is 372 g/mol. The Bertz CT molecular complexity index is 1060. The average molecular weight is 403 g/mol. The van der Waals surface area contributed by atoms with Gasteiger partial charge in [0.15, 0.2) is 0 Å². The molecule has 1 saturated heterocycles. The number of nitrogens with zero attached hydrogens (tertiary/aromatic N) is 1. The van der Waals surface area contributed by atoms with E-state index in [-0.39, 0.29) is 12.1 Å². The molecule has 4 nitrogen and oxygen atoms in total. The lowest BCUT2D eigenvalue weighted by atomic mass is 10.0. The van der Waals surface area contributed by atoms with Gasteiger partial charge >= 0.3 is 5.97 Å². The second-order valence-corrected chi connectivity index (χ2v) is 8.79. The third-order valence-electron chi connectivity index (χ3n) is 6.75. The van der Waals surface area contributed by atoms with Crippen molar-refractivity contribution < 1.29 is 9.53 Å². The van der Waals surface area contributed by atoms with Gasteiger partial charge in [0.05, 0.1) is 5.56 Å². The predicted octanol–water partition coefficient (Wildman–Crippen LogP) is 5.35. The summed E-state index contributed by atoms with van der Waals surface area (Å²) in [6.07, 6.45) is 6.72. The van der Waals surface area contributed by atoms with Crippen molar-refractivity contribution in [2.75, 3.05) is 19.6 Å². The lowest BCUT2D eigenvalue weighted by molar-refractivity contribution is 0.0303. The van der Waals surface area contributed by atoms with Crippen molar-refractivity contribution >= 4 is 16.9 Å². The molecule has 2 aliphatic rings. The summed E-state index contributed by atoms with van der Waals surface area (Å²) >= 11 is 0. The highest BCUT2D eigenvalue weighted by molar-refractivity contribution is 6.05. The maximum atomic E-state index is 13.2. The van der Waals surface area contributed by atoms with Gasteiger partial charge in [0.1, 0.15) is 6.10 Å². The minimum Gasteiger partial charge on any atom is -0.454 e. The predicted molar refractivity (Wildman–Crippen MR) is 120 cm³/mol. The Balaban J connectivity index is 1.35. The van der Waals surface area contributed by atoms with Crippen LogP contribution >= 0.6 is 0 Å². The van der Waals surface area contributed by atoms with Crippen LogP contribution < -0.4 is 0 Å². The van der Waals surface area contributed by atoms with Crippen LogP contribution in [0.5, 0.6) is 0 Å². The molecule has 0 amide bonds. The van der Waals surface area contributed by atoms with Crippen molar-refractivity contribution in [1.29, 1.82) is 0 Å². The molecule has 1 atom stereocenters. The van der Waals surface area contributed by atoms with E-state index >= 15 is 0 Å². The Labute approximate surface area is 178 Å². The third-order valence-corrected chi connectivity index (χ3v) is 6.75. The number of nitrogens with one attached hydrogen (secondary N) is 1. The minimum absolute atomic E-state index is 0.139. The smallest absolute Gasteiger partial charge is 0.341 e. The van der Waals surface area contributed by atoms with Crippen molar-refractivity contribution in [2.24, 2.45) is 0 Å². The zero-order chi connectivity index (χ0) is 20.5. The van der Waals surface area contributed by atoms with Crippen LogP contribution in [-0.2, 0) is 17.6 Å². The van der Waals surface area contributed by atoms with Crippen LogP contribution in [0.15, 0.2) is 42.5 Å². The van der Waals surface area contributed by atoms with Crippen molar-refractivity contribution in [1.82, 2.24) is 9.88 Å². The summed E-state index contributed by atoms with van der Waals surface area (Å²) < 4.78 is 6.00. The van der Waals surface area contributed by atoms with Gasteiger partial charge in [0, 0.05) is 23.1 Å². The summed E-state index contributed by atoms with van der Waals surface area (Å²) in [5.41, 5.74) is 6.32. The summed E-state index contributed by atoms with van der Waals surface area (Å²) in [4.78, 5) is 19.1. The lowest BCUT2D eigenvalue weighted by Gasteiger charge is -2.26. The first kappa shape index (κ1) is 19.4. The van der Waals surface area contributed by atoms with Crippen LogP contribution in [0.3, 0.4) is 0 Å². The molecule has 5 rings (SSSR count). The molecule has 30 heavy (non-hydrogen) atoms. The number of fused-ring (bicyclic) bond motifs is 2. The number of ether oxygens (including phenoxy) is 1. The van der Waals surface area contributed by atoms with Gasteiger partial charge in [-0.1, -0.05) is 36.8 Å². The number of likely N-dealkylation sites (tertiary alicyclic amines) is 1. The minimum atomic E-state index is -0.214. The summed E-state index contributed by atoms with van der Waals surface area (Å²) in [6.45, 7) is 5.48. The number of aromatic amines is 1. The highest BCUT2D eigenvalue weighted by atomic mass is 16.5. The summed E-state index contributed by atoms with van der Waals surface area (Å²) in [5, 5.41) is 0.986. The molecule has 0 radical (unpaired) electrons. The normalized spacial score (nSPS) is 19.2. The van der Waals surface area contributed by atoms with Gasteiger partial charge in [-0.3, -0.25) is 0 Å². The van der Waals surface area contributed by atoms with E-state index in [1.807, 2.05) is 13.0 Å². The van der Waals surface area contributed by atoms with Crippen LogP contribution in [0, 0.1) is 6.92 Å². The molecule has 1 N–H and O–H groups in total. The number of carbonyl (C=O) groups is 1. The van der Waals surface area contributed by atoms with Crippen molar-refractivity contribution in [3.8, 4) is 0 Å². The van der Waals surface area contributed by atoms with E-state index < -0.39 is 0 Å². The molecule has 0 bridgehead atoms.